The topological polar surface area (TPSA) is 88.5 Å². The Kier molecular flexibility index (Phi) is 4.68. The van der Waals surface area contributed by atoms with E-state index in [0.717, 1.165) is 12.8 Å². The zero-order valence-corrected chi connectivity index (χ0v) is 11.3. The first-order valence-corrected chi connectivity index (χ1v) is 6.70. The predicted molar refractivity (Wildman–Crippen MR) is 72.6 cm³/mol. The third kappa shape index (κ3) is 3.77. The van der Waals surface area contributed by atoms with Crippen LogP contribution in [-0.2, 0) is 9.53 Å². The summed E-state index contributed by atoms with van der Waals surface area (Å²) in [6.07, 6.45) is 2.52. The first-order valence-electron chi connectivity index (χ1n) is 6.70. The summed E-state index contributed by atoms with van der Waals surface area (Å²) in [4.78, 5) is 26.5. The third-order valence-corrected chi connectivity index (χ3v) is 3.30. The number of carboxylic acids is 1. The van der Waals surface area contributed by atoms with E-state index in [4.69, 9.17) is 9.84 Å². The van der Waals surface area contributed by atoms with Crippen molar-refractivity contribution in [2.75, 3.05) is 11.9 Å². The lowest BCUT2D eigenvalue weighted by molar-refractivity contribution is -0.119. The highest BCUT2D eigenvalue weighted by Crippen LogP contribution is 2.32. The molecule has 0 atom stereocenters. The SMILES string of the molecule is CCOC1CC(CC(=O)Nc2cccc(C(=O)O)n2)C1. The van der Waals surface area contributed by atoms with Crippen molar-refractivity contribution >= 4 is 17.7 Å². The molecule has 0 unspecified atom stereocenters. The van der Waals surface area contributed by atoms with Gasteiger partial charge in [-0.25, -0.2) is 9.78 Å². The Hall–Kier alpha value is -1.95. The lowest BCUT2D eigenvalue weighted by Crippen LogP contribution is -2.34. The number of pyridine rings is 1. The number of aromatic carboxylic acids is 1. The first-order chi connectivity index (χ1) is 9.58. The number of amides is 1. The van der Waals surface area contributed by atoms with Crippen LogP contribution in [0.4, 0.5) is 5.82 Å². The lowest BCUT2D eigenvalue weighted by atomic mass is 9.80. The van der Waals surface area contributed by atoms with Crippen LogP contribution < -0.4 is 5.32 Å². The van der Waals surface area contributed by atoms with Crippen LogP contribution in [0.1, 0.15) is 36.7 Å². The van der Waals surface area contributed by atoms with Gasteiger partial charge < -0.3 is 15.2 Å². The highest BCUT2D eigenvalue weighted by Gasteiger charge is 2.31. The second kappa shape index (κ2) is 6.47. The molecule has 0 radical (unpaired) electrons. The molecule has 6 nitrogen and oxygen atoms in total. The first kappa shape index (κ1) is 14.5. The molecule has 1 aliphatic carbocycles. The summed E-state index contributed by atoms with van der Waals surface area (Å²) in [6.45, 7) is 2.66. The molecule has 0 saturated heterocycles. The van der Waals surface area contributed by atoms with E-state index in [2.05, 4.69) is 10.3 Å². The smallest absolute Gasteiger partial charge is 0.354 e. The summed E-state index contributed by atoms with van der Waals surface area (Å²) in [5, 5.41) is 11.5. The number of rotatable bonds is 6. The van der Waals surface area contributed by atoms with Crippen molar-refractivity contribution in [3.63, 3.8) is 0 Å². The monoisotopic (exact) mass is 278 g/mol. The van der Waals surface area contributed by atoms with Gasteiger partial charge in [0.15, 0.2) is 5.69 Å². The van der Waals surface area contributed by atoms with Gasteiger partial charge in [-0.3, -0.25) is 4.79 Å². The Morgan fingerprint density at radius 3 is 2.85 bits per heavy atom. The molecule has 1 fully saturated rings. The van der Waals surface area contributed by atoms with Crippen molar-refractivity contribution in [1.82, 2.24) is 4.98 Å². The molecule has 2 N–H and O–H groups in total. The Bertz CT molecular complexity index is 498. The van der Waals surface area contributed by atoms with Gasteiger partial charge in [-0.2, -0.15) is 0 Å². The normalized spacial score (nSPS) is 21.1. The van der Waals surface area contributed by atoms with Gasteiger partial charge in [0.05, 0.1) is 6.10 Å². The molecule has 0 bridgehead atoms. The number of hydrogen-bond donors (Lipinski definition) is 2. The van der Waals surface area contributed by atoms with Crippen molar-refractivity contribution in [3.05, 3.63) is 23.9 Å². The minimum Gasteiger partial charge on any atom is -0.477 e. The van der Waals surface area contributed by atoms with Crippen LogP contribution >= 0.6 is 0 Å². The Labute approximate surface area is 117 Å². The van der Waals surface area contributed by atoms with Gasteiger partial charge in [0.1, 0.15) is 5.82 Å². The minimum atomic E-state index is -1.11. The maximum Gasteiger partial charge on any atom is 0.354 e. The zero-order chi connectivity index (χ0) is 14.5. The minimum absolute atomic E-state index is 0.0807. The van der Waals surface area contributed by atoms with Crippen molar-refractivity contribution in [2.24, 2.45) is 5.92 Å². The van der Waals surface area contributed by atoms with Crippen LogP contribution in [0.5, 0.6) is 0 Å². The van der Waals surface area contributed by atoms with E-state index in [-0.39, 0.29) is 23.5 Å². The van der Waals surface area contributed by atoms with E-state index < -0.39 is 5.97 Å². The van der Waals surface area contributed by atoms with Gasteiger partial charge in [-0.15, -0.1) is 0 Å². The fraction of sp³-hybridized carbons (Fsp3) is 0.500. The van der Waals surface area contributed by atoms with Crippen LogP contribution in [0.3, 0.4) is 0 Å². The van der Waals surface area contributed by atoms with Crippen molar-refractivity contribution in [3.8, 4) is 0 Å². The highest BCUT2D eigenvalue weighted by molar-refractivity contribution is 5.91. The molecule has 6 heteroatoms. The van der Waals surface area contributed by atoms with Crippen molar-refractivity contribution < 1.29 is 19.4 Å². The molecule has 1 aromatic rings. The number of aromatic nitrogens is 1. The molecule has 1 aromatic heterocycles. The van der Waals surface area contributed by atoms with E-state index in [0.29, 0.717) is 18.9 Å². The fourth-order valence-electron chi connectivity index (χ4n) is 2.29. The molecule has 108 valence electrons. The highest BCUT2D eigenvalue weighted by atomic mass is 16.5. The standard InChI is InChI=1S/C14H18N2O4/c1-2-20-10-6-9(7-10)8-13(17)16-12-5-3-4-11(15-12)14(18)19/h3-5,9-10H,2,6-8H2,1H3,(H,18,19)(H,15,16,17). The summed E-state index contributed by atoms with van der Waals surface area (Å²) >= 11 is 0. The second-order valence-corrected chi connectivity index (χ2v) is 4.88. The summed E-state index contributed by atoms with van der Waals surface area (Å²) in [6, 6.07) is 4.52. The number of carbonyl (C=O) groups excluding carboxylic acids is 1. The van der Waals surface area contributed by atoms with E-state index in [9.17, 15) is 9.59 Å². The molecular weight excluding hydrogens is 260 g/mol. The van der Waals surface area contributed by atoms with Crippen LogP contribution in [0.15, 0.2) is 18.2 Å². The average Bonchev–Trinajstić information content (AvgIpc) is 2.36. The molecule has 1 saturated carbocycles. The van der Waals surface area contributed by atoms with Crippen molar-refractivity contribution in [1.29, 1.82) is 0 Å². The maximum absolute atomic E-state index is 11.8. The van der Waals surface area contributed by atoms with Gasteiger partial charge >= 0.3 is 5.97 Å². The number of nitrogens with one attached hydrogen (secondary N) is 1. The molecule has 2 rings (SSSR count). The predicted octanol–water partition coefficient (Wildman–Crippen LogP) is 1.92. The Morgan fingerprint density at radius 1 is 1.45 bits per heavy atom. The summed E-state index contributed by atoms with van der Waals surface area (Å²) in [5.74, 6) is -0.635. The van der Waals surface area contributed by atoms with Gasteiger partial charge in [0.2, 0.25) is 5.91 Å². The van der Waals surface area contributed by atoms with Crippen molar-refractivity contribution in [2.45, 2.75) is 32.3 Å². The number of anilines is 1. The number of carboxylic acid groups (broad SMARTS) is 1. The van der Waals surface area contributed by atoms with E-state index >= 15 is 0 Å². The number of hydrogen-bond acceptors (Lipinski definition) is 4. The summed E-state index contributed by atoms with van der Waals surface area (Å²) in [5.41, 5.74) is -0.0807. The second-order valence-electron chi connectivity index (χ2n) is 4.88. The van der Waals surface area contributed by atoms with Crippen LogP contribution in [-0.4, -0.2) is 34.7 Å². The summed E-state index contributed by atoms with van der Waals surface area (Å²) < 4.78 is 5.44. The van der Waals surface area contributed by atoms with Crippen LogP contribution in [0.2, 0.25) is 0 Å². The molecule has 0 aromatic carbocycles. The molecule has 0 aliphatic heterocycles. The van der Waals surface area contributed by atoms with Gasteiger partial charge in [0, 0.05) is 13.0 Å². The molecular formula is C14H18N2O4. The van der Waals surface area contributed by atoms with E-state index in [1.807, 2.05) is 6.92 Å². The number of ether oxygens (including phenoxy) is 1. The zero-order valence-electron chi connectivity index (χ0n) is 11.3. The number of carbonyl (C=O) groups is 2. The molecule has 1 heterocycles. The van der Waals surface area contributed by atoms with E-state index in [1.54, 1.807) is 12.1 Å². The van der Waals surface area contributed by atoms with Crippen LogP contribution in [0, 0.1) is 5.92 Å². The lowest BCUT2D eigenvalue weighted by Gasteiger charge is -2.34. The molecule has 1 aliphatic rings. The molecule has 20 heavy (non-hydrogen) atoms. The average molecular weight is 278 g/mol. The van der Waals surface area contributed by atoms with Gasteiger partial charge in [0.25, 0.3) is 0 Å². The number of nitrogens with zero attached hydrogens (tertiary/aromatic N) is 1. The van der Waals surface area contributed by atoms with Gasteiger partial charge in [-0.1, -0.05) is 6.07 Å². The van der Waals surface area contributed by atoms with E-state index in [1.165, 1.54) is 6.07 Å². The maximum atomic E-state index is 11.8. The third-order valence-electron chi connectivity index (χ3n) is 3.30. The van der Waals surface area contributed by atoms with Crippen LogP contribution in [0.25, 0.3) is 0 Å². The quantitative estimate of drug-likeness (QED) is 0.830. The molecule has 0 spiro atoms. The molecule has 1 amide bonds. The fourth-order valence-corrected chi connectivity index (χ4v) is 2.29. The Balaban J connectivity index is 1.80. The largest absolute Gasteiger partial charge is 0.477 e. The Morgan fingerprint density at radius 2 is 2.20 bits per heavy atom. The summed E-state index contributed by atoms with van der Waals surface area (Å²) in [7, 11) is 0. The van der Waals surface area contributed by atoms with Gasteiger partial charge in [-0.05, 0) is 37.8 Å².